The molecule has 6 heteroatoms. The second-order valence-corrected chi connectivity index (χ2v) is 18.0. The van der Waals surface area contributed by atoms with Crippen LogP contribution in [0.4, 0.5) is 0 Å². The fourth-order valence-corrected chi connectivity index (χ4v) is 7.21. The van der Waals surface area contributed by atoms with Crippen molar-refractivity contribution in [2.75, 3.05) is 0 Å². The molecule has 0 bridgehead atoms. The van der Waals surface area contributed by atoms with Crippen LogP contribution in [0.25, 0.3) is 72.1 Å². The first kappa shape index (κ1) is 32.4. The number of furan rings is 1. The molecule has 0 spiro atoms. The summed E-state index contributed by atoms with van der Waals surface area (Å²) in [4.78, 5) is 9.55. The van der Waals surface area contributed by atoms with E-state index >= 15 is 0 Å². The van der Waals surface area contributed by atoms with Gasteiger partial charge in [-0.25, -0.2) is 0 Å². The molecule has 0 N–H and O–H groups in total. The molecule has 6 aromatic carbocycles. The minimum Gasteiger partial charge on any atom is -0.501 e. The summed E-state index contributed by atoms with van der Waals surface area (Å²) in [5, 5.41) is 5.98. The summed E-state index contributed by atoms with van der Waals surface area (Å²) in [6.45, 7) is 7.00. The largest absolute Gasteiger partial charge is 0.501 e. The summed E-state index contributed by atoms with van der Waals surface area (Å²) in [6.07, 6.45) is 2.02. The second kappa shape index (κ2) is 13.4. The van der Waals surface area contributed by atoms with E-state index in [1.807, 2.05) is 60.8 Å². The number of aromatic nitrogens is 3. The number of hydrogen-bond donors (Lipinski definition) is 0. The van der Waals surface area contributed by atoms with Gasteiger partial charge in [-0.3, -0.25) is 4.98 Å². The van der Waals surface area contributed by atoms with Gasteiger partial charge in [-0.2, -0.15) is 0 Å². The van der Waals surface area contributed by atoms with Crippen molar-refractivity contribution in [1.29, 1.82) is 0 Å². The summed E-state index contributed by atoms with van der Waals surface area (Å²) < 4.78 is 8.52. The Morgan fingerprint density at radius 1 is 0.673 bits per heavy atom. The molecule has 1 radical (unpaired) electrons. The quantitative estimate of drug-likeness (QED) is 0.131. The molecular weight excluding hydrogens is 795 g/mol. The Labute approximate surface area is 300 Å². The van der Waals surface area contributed by atoms with E-state index in [1.54, 1.807) is 0 Å². The zero-order valence-electron chi connectivity index (χ0n) is 27.4. The van der Waals surface area contributed by atoms with Gasteiger partial charge in [0.15, 0.2) is 0 Å². The third kappa shape index (κ3) is 6.27. The molecule has 3 heterocycles. The number of rotatable bonds is 4. The first-order valence-electron chi connectivity index (χ1n) is 16.2. The van der Waals surface area contributed by atoms with E-state index in [0.29, 0.717) is 0 Å². The monoisotopic (exact) mass is 828 g/mol. The summed E-state index contributed by atoms with van der Waals surface area (Å²) in [5.41, 5.74) is 7.67. The maximum absolute atomic E-state index is 6.31. The van der Waals surface area contributed by atoms with Crippen LogP contribution in [0.1, 0.15) is 0 Å². The minimum absolute atomic E-state index is 0. The van der Waals surface area contributed by atoms with Gasteiger partial charge in [0.05, 0.1) is 30.5 Å². The van der Waals surface area contributed by atoms with Gasteiger partial charge >= 0.3 is 0 Å². The summed E-state index contributed by atoms with van der Waals surface area (Å²) >= 11 is 0. The van der Waals surface area contributed by atoms with Gasteiger partial charge in [0.2, 0.25) is 0 Å². The van der Waals surface area contributed by atoms with Crippen molar-refractivity contribution in [3.05, 3.63) is 158 Å². The molecule has 9 aromatic rings. The summed E-state index contributed by atoms with van der Waals surface area (Å²) in [7, 11) is -1.23. The molecule has 0 aliphatic heterocycles. The van der Waals surface area contributed by atoms with E-state index in [2.05, 4.69) is 126 Å². The Morgan fingerprint density at radius 3 is 2.24 bits per heavy atom. The van der Waals surface area contributed by atoms with E-state index in [1.165, 1.54) is 16.0 Å². The number of para-hydroxylation sites is 3. The van der Waals surface area contributed by atoms with Crippen LogP contribution in [-0.2, 0) is 20.1 Å². The van der Waals surface area contributed by atoms with Crippen LogP contribution >= 0.6 is 0 Å². The molecule has 0 atom stereocenters. The third-order valence-corrected chi connectivity index (χ3v) is 10.8. The van der Waals surface area contributed by atoms with E-state index in [0.717, 1.165) is 61.3 Å². The topological polar surface area (TPSA) is 43.9 Å². The number of nitrogens with zero attached hydrogens (tertiary/aromatic N) is 3. The molecule has 0 amide bonds. The van der Waals surface area contributed by atoms with Gasteiger partial charge in [0, 0.05) is 37.4 Å². The number of imidazole rings is 1. The fourth-order valence-electron chi connectivity index (χ4n) is 6.18. The summed E-state index contributed by atoms with van der Waals surface area (Å²) in [6, 6.07) is 54.2. The molecule has 49 heavy (non-hydrogen) atoms. The van der Waals surface area contributed by atoms with Crippen molar-refractivity contribution in [2.24, 2.45) is 0 Å². The van der Waals surface area contributed by atoms with Crippen LogP contribution in [0.5, 0.6) is 0 Å². The minimum atomic E-state index is -1.23. The van der Waals surface area contributed by atoms with Gasteiger partial charge < -0.3 is 14.0 Å². The van der Waals surface area contributed by atoms with Crippen molar-refractivity contribution in [2.45, 2.75) is 19.6 Å². The van der Waals surface area contributed by atoms with Crippen LogP contribution in [0, 0.1) is 12.1 Å². The Morgan fingerprint density at radius 2 is 1.45 bits per heavy atom. The molecule has 9 rings (SSSR count). The average molecular weight is 828 g/mol. The molecule has 0 saturated carbocycles. The van der Waals surface area contributed by atoms with Crippen molar-refractivity contribution in [1.82, 2.24) is 14.5 Å². The Hall–Kier alpha value is -5.13. The van der Waals surface area contributed by atoms with Gasteiger partial charge in [-0.1, -0.05) is 103 Å². The molecule has 4 nitrogen and oxygen atoms in total. The SMILES string of the molecule is C[Si](C)(C)c1ccc(-c2[c-]cccc2)nc1.[Ir].[c-]1ccc2c(oc3ccccc32)c1-c1nc2ccccc2n1-c1ccc2ccccc2c1. The number of benzene rings is 6. The molecule has 0 saturated heterocycles. The van der Waals surface area contributed by atoms with E-state index in [4.69, 9.17) is 9.40 Å². The van der Waals surface area contributed by atoms with Crippen LogP contribution < -0.4 is 5.19 Å². The van der Waals surface area contributed by atoms with Crippen LogP contribution in [-0.4, -0.2) is 22.6 Å². The Bertz CT molecular complexity index is 2550. The first-order chi connectivity index (χ1) is 23.4. The molecule has 0 aliphatic rings. The van der Waals surface area contributed by atoms with Gasteiger partial charge in [0.25, 0.3) is 0 Å². The Balaban J connectivity index is 0.000000189. The predicted octanol–water partition coefficient (Wildman–Crippen LogP) is 10.6. The number of hydrogen-bond acceptors (Lipinski definition) is 3. The summed E-state index contributed by atoms with van der Waals surface area (Å²) in [5.74, 6) is 0.825. The molecule has 0 fully saturated rings. The van der Waals surface area contributed by atoms with E-state index < -0.39 is 8.07 Å². The van der Waals surface area contributed by atoms with Crippen molar-refractivity contribution in [3.63, 3.8) is 0 Å². The van der Waals surface area contributed by atoms with Crippen molar-refractivity contribution >= 4 is 57.0 Å². The van der Waals surface area contributed by atoms with Crippen molar-refractivity contribution < 1.29 is 24.5 Å². The second-order valence-electron chi connectivity index (χ2n) is 12.9. The predicted molar refractivity (Wildman–Crippen MR) is 202 cm³/mol. The van der Waals surface area contributed by atoms with E-state index in [9.17, 15) is 0 Å². The van der Waals surface area contributed by atoms with Crippen molar-refractivity contribution in [3.8, 4) is 28.3 Å². The fraction of sp³-hybridized carbons (Fsp3) is 0.0698. The van der Waals surface area contributed by atoms with Crippen LogP contribution in [0.15, 0.2) is 150 Å². The van der Waals surface area contributed by atoms with Crippen LogP contribution in [0.3, 0.4) is 0 Å². The van der Waals surface area contributed by atoms with E-state index in [-0.39, 0.29) is 20.1 Å². The molecule has 0 aliphatic carbocycles. The zero-order chi connectivity index (χ0) is 32.7. The maximum Gasteiger partial charge on any atom is 0.120 e. The molecule has 0 unspecified atom stereocenters. The van der Waals surface area contributed by atoms with Crippen LogP contribution in [0.2, 0.25) is 19.6 Å². The van der Waals surface area contributed by atoms with Gasteiger partial charge in [-0.05, 0) is 52.0 Å². The zero-order valence-corrected chi connectivity index (χ0v) is 30.8. The Kier molecular flexibility index (Phi) is 8.87. The normalized spacial score (nSPS) is 11.4. The number of fused-ring (bicyclic) bond motifs is 5. The molecule has 241 valence electrons. The standard InChI is InChI=1S/C29H17N2O.C14H16NSi.Ir/c1-2-9-20-18-21(17-16-19(20)8-1)31-26-14-5-4-13-25(26)30-29(31)24-12-7-11-23-22-10-3-6-15-27(22)32-28(23)24;1-16(2,3)13-9-10-14(15-11-13)12-7-5-4-6-8-12;/h1-11,13-18H;4-7,9-11H,1-3H3;/q2*-1;. The first-order valence-corrected chi connectivity index (χ1v) is 19.7. The maximum atomic E-state index is 6.31. The molecular formula is C43H33IrN3OSi-2. The number of pyridine rings is 1. The third-order valence-electron chi connectivity index (χ3n) is 8.73. The van der Waals surface area contributed by atoms with Gasteiger partial charge in [0.1, 0.15) is 5.58 Å². The average Bonchev–Trinajstić information content (AvgIpc) is 3.71. The smallest absolute Gasteiger partial charge is 0.120 e. The molecule has 3 aromatic heterocycles. The van der Waals surface area contributed by atoms with Gasteiger partial charge in [-0.15, -0.1) is 54.1 Å².